The van der Waals surface area contributed by atoms with Crippen molar-refractivity contribution >= 4 is 34.3 Å². The van der Waals surface area contributed by atoms with Gasteiger partial charge in [-0.2, -0.15) is 0 Å². The summed E-state index contributed by atoms with van der Waals surface area (Å²) >= 11 is 1.11. The molecule has 2 saturated heterocycles. The van der Waals surface area contributed by atoms with Crippen LogP contribution in [0.4, 0.5) is 5.13 Å². The zero-order valence-electron chi connectivity index (χ0n) is 16.2. The van der Waals surface area contributed by atoms with Gasteiger partial charge in [-0.25, -0.2) is 9.78 Å². The Kier molecular flexibility index (Phi) is 6.97. The predicted molar refractivity (Wildman–Crippen MR) is 103 cm³/mol. The molecule has 1 aromatic rings. The average molecular weight is 410 g/mol. The molecule has 10 heteroatoms. The van der Waals surface area contributed by atoms with Crippen molar-refractivity contribution in [3.8, 4) is 0 Å². The Balaban J connectivity index is 1.45. The number of amides is 2. The summed E-state index contributed by atoms with van der Waals surface area (Å²) in [4.78, 5) is 45.0. The van der Waals surface area contributed by atoms with E-state index in [1.165, 1.54) is 0 Å². The normalized spacial score (nSPS) is 20.2. The second-order valence-corrected chi connectivity index (χ2v) is 7.80. The van der Waals surface area contributed by atoms with Crippen molar-refractivity contribution in [3.05, 3.63) is 10.6 Å². The second-order valence-electron chi connectivity index (χ2n) is 6.81. The van der Waals surface area contributed by atoms with Gasteiger partial charge < -0.3 is 19.7 Å². The smallest absolute Gasteiger partial charge is 0.350 e. The molecule has 0 radical (unpaired) electrons. The number of thiazole rings is 1. The quantitative estimate of drug-likeness (QED) is 0.695. The minimum Gasteiger partial charge on any atom is -0.462 e. The molecule has 0 aromatic carbocycles. The molecule has 0 spiro atoms. The Morgan fingerprint density at radius 2 is 2.04 bits per heavy atom. The number of hydrogen-bond donors (Lipinski definition) is 1. The molecule has 3 heterocycles. The number of carbonyl (C=O) groups excluding carboxylic acids is 3. The highest BCUT2D eigenvalue weighted by Crippen LogP contribution is 2.23. The summed E-state index contributed by atoms with van der Waals surface area (Å²) in [5.41, 5.74) is 0.542. The van der Waals surface area contributed by atoms with E-state index in [-0.39, 0.29) is 24.5 Å². The third-order valence-corrected chi connectivity index (χ3v) is 5.81. The summed E-state index contributed by atoms with van der Waals surface area (Å²) in [6.07, 6.45) is 1.43. The molecule has 154 valence electrons. The van der Waals surface area contributed by atoms with Gasteiger partial charge in [-0.15, -0.1) is 0 Å². The Morgan fingerprint density at radius 3 is 2.68 bits per heavy atom. The SMILES string of the molecule is CCOC(=O)c1sc(NC(=O)CN2CCN(C(=O)C3CCCO3)CC2)nc1C. The van der Waals surface area contributed by atoms with Crippen LogP contribution in [0.25, 0.3) is 0 Å². The van der Waals surface area contributed by atoms with E-state index >= 15 is 0 Å². The number of aryl methyl sites for hydroxylation is 1. The third-order valence-electron chi connectivity index (χ3n) is 4.76. The molecule has 2 aliphatic heterocycles. The molecular formula is C18H26N4O5S. The van der Waals surface area contributed by atoms with Crippen molar-refractivity contribution in [2.45, 2.75) is 32.8 Å². The van der Waals surface area contributed by atoms with Gasteiger partial charge in [0, 0.05) is 32.8 Å². The number of rotatable bonds is 6. The van der Waals surface area contributed by atoms with Gasteiger partial charge in [0.15, 0.2) is 5.13 Å². The molecule has 1 aromatic heterocycles. The Bertz CT molecular complexity index is 724. The first-order chi connectivity index (χ1) is 13.5. The highest BCUT2D eigenvalue weighted by Gasteiger charge is 2.30. The van der Waals surface area contributed by atoms with Crippen LogP contribution in [0, 0.1) is 6.92 Å². The standard InChI is InChI=1S/C18H26N4O5S/c1-3-26-17(25)15-12(2)19-18(28-15)20-14(23)11-21-6-8-22(9-7-21)16(24)13-5-4-10-27-13/h13H,3-11H2,1-2H3,(H,19,20,23). The van der Waals surface area contributed by atoms with Gasteiger partial charge in [0.25, 0.3) is 5.91 Å². The number of aromatic nitrogens is 1. The number of hydrogen-bond acceptors (Lipinski definition) is 8. The van der Waals surface area contributed by atoms with Crippen LogP contribution >= 0.6 is 11.3 Å². The van der Waals surface area contributed by atoms with Gasteiger partial charge in [-0.1, -0.05) is 11.3 Å². The lowest BCUT2D eigenvalue weighted by Gasteiger charge is -2.35. The zero-order valence-corrected chi connectivity index (χ0v) is 17.0. The molecule has 0 saturated carbocycles. The minimum atomic E-state index is -0.426. The van der Waals surface area contributed by atoms with Gasteiger partial charge in [0.05, 0.1) is 18.8 Å². The minimum absolute atomic E-state index is 0.0614. The summed E-state index contributed by atoms with van der Waals surface area (Å²) in [5.74, 6) is -0.556. The molecule has 0 aliphatic carbocycles. The summed E-state index contributed by atoms with van der Waals surface area (Å²) < 4.78 is 10.4. The molecule has 2 amide bonds. The maximum atomic E-state index is 12.4. The molecule has 0 bridgehead atoms. The highest BCUT2D eigenvalue weighted by molar-refractivity contribution is 7.17. The van der Waals surface area contributed by atoms with Crippen molar-refractivity contribution in [2.24, 2.45) is 0 Å². The summed E-state index contributed by atoms with van der Waals surface area (Å²) in [6, 6.07) is 0. The lowest BCUT2D eigenvalue weighted by molar-refractivity contribution is -0.142. The number of nitrogens with one attached hydrogen (secondary N) is 1. The first-order valence-corrected chi connectivity index (χ1v) is 10.4. The van der Waals surface area contributed by atoms with E-state index in [9.17, 15) is 14.4 Å². The van der Waals surface area contributed by atoms with E-state index in [0.717, 1.165) is 24.2 Å². The fourth-order valence-corrected chi connectivity index (χ4v) is 4.18. The Hall–Kier alpha value is -2.04. The molecule has 9 nitrogen and oxygen atoms in total. The van der Waals surface area contributed by atoms with E-state index < -0.39 is 5.97 Å². The lowest BCUT2D eigenvalue weighted by Crippen LogP contribution is -2.52. The topological polar surface area (TPSA) is 101 Å². The van der Waals surface area contributed by atoms with Crippen LogP contribution in [-0.2, 0) is 19.1 Å². The van der Waals surface area contributed by atoms with Crippen LogP contribution in [-0.4, -0.2) is 84.6 Å². The Labute approximate surface area is 168 Å². The monoisotopic (exact) mass is 410 g/mol. The highest BCUT2D eigenvalue weighted by atomic mass is 32.1. The number of nitrogens with zero attached hydrogens (tertiary/aromatic N) is 3. The number of piperazine rings is 1. The van der Waals surface area contributed by atoms with Gasteiger partial charge in [-0.3, -0.25) is 14.5 Å². The van der Waals surface area contributed by atoms with Crippen LogP contribution in [0.15, 0.2) is 0 Å². The fourth-order valence-electron chi connectivity index (χ4n) is 3.30. The van der Waals surface area contributed by atoms with Crippen molar-refractivity contribution < 1.29 is 23.9 Å². The van der Waals surface area contributed by atoms with E-state index in [1.807, 2.05) is 9.80 Å². The molecule has 1 unspecified atom stereocenters. The van der Waals surface area contributed by atoms with Crippen molar-refractivity contribution in [3.63, 3.8) is 0 Å². The number of esters is 1. The maximum absolute atomic E-state index is 12.4. The van der Waals surface area contributed by atoms with Crippen molar-refractivity contribution in [2.75, 3.05) is 51.3 Å². The van der Waals surface area contributed by atoms with Gasteiger partial charge in [0.2, 0.25) is 5.91 Å². The third kappa shape index (κ3) is 5.06. The van der Waals surface area contributed by atoms with E-state index in [0.29, 0.717) is 55.1 Å². The number of ether oxygens (including phenoxy) is 2. The van der Waals surface area contributed by atoms with Gasteiger partial charge in [-0.05, 0) is 26.7 Å². The van der Waals surface area contributed by atoms with Crippen LogP contribution < -0.4 is 5.32 Å². The van der Waals surface area contributed by atoms with E-state index in [4.69, 9.17) is 9.47 Å². The number of anilines is 1. The zero-order chi connectivity index (χ0) is 20.1. The molecule has 1 N–H and O–H groups in total. The fraction of sp³-hybridized carbons (Fsp3) is 0.667. The molecular weight excluding hydrogens is 384 g/mol. The molecule has 3 rings (SSSR count). The summed E-state index contributed by atoms with van der Waals surface area (Å²) in [5, 5.41) is 3.13. The first kappa shape index (κ1) is 20.7. The molecule has 28 heavy (non-hydrogen) atoms. The van der Waals surface area contributed by atoms with Gasteiger partial charge in [0.1, 0.15) is 11.0 Å². The number of carbonyl (C=O) groups is 3. The summed E-state index contributed by atoms with van der Waals surface area (Å²) in [6.45, 7) is 7.07. The van der Waals surface area contributed by atoms with Gasteiger partial charge >= 0.3 is 5.97 Å². The summed E-state index contributed by atoms with van der Waals surface area (Å²) in [7, 11) is 0. The van der Waals surface area contributed by atoms with Crippen LogP contribution in [0.5, 0.6) is 0 Å². The predicted octanol–water partition coefficient (Wildman–Crippen LogP) is 0.890. The molecule has 1 atom stereocenters. The maximum Gasteiger partial charge on any atom is 0.350 e. The van der Waals surface area contributed by atoms with Crippen molar-refractivity contribution in [1.82, 2.24) is 14.8 Å². The van der Waals surface area contributed by atoms with Crippen LogP contribution in [0.2, 0.25) is 0 Å². The second kappa shape index (κ2) is 9.44. The van der Waals surface area contributed by atoms with Crippen molar-refractivity contribution in [1.29, 1.82) is 0 Å². The first-order valence-electron chi connectivity index (χ1n) is 9.55. The Morgan fingerprint density at radius 1 is 1.29 bits per heavy atom. The average Bonchev–Trinajstić information content (AvgIpc) is 3.32. The molecule has 2 aliphatic rings. The molecule has 2 fully saturated rings. The largest absolute Gasteiger partial charge is 0.462 e. The van der Waals surface area contributed by atoms with E-state index in [2.05, 4.69) is 10.3 Å². The van der Waals surface area contributed by atoms with Crippen LogP contribution in [0.3, 0.4) is 0 Å². The van der Waals surface area contributed by atoms with Crippen LogP contribution in [0.1, 0.15) is 35.1 Å². The van der Waals surface area contributed by atoms with E-state index in [1.54, 1.807) is 13.8 Å². The lowest BCUT2D eigenvalue weighted by atomic mass is 10.2.